The lowest BCUT2D eigenvalue weighted by atomic mass is 10.1. The Labute approximate surface area is 77.4 Å². The summed E-state index contributed by atoms with van der Waals surface area (Å²) in [4.78, 5) is 10.0. The molecule has 0 aliphatic carbocycles. The largest absolute Gasteiger partial charge is 0.464 e. The normalized spacial score (nSPS) is 9.54. The molecule has 0 spiro atoms. The van der Waals surface area contributed by atoms with Crippen LogP contribution >= 0.6 is 0 Å². The molecule has 1 radical (unpaired) electrons. The van der Waals surface area contributed by atoms with E-state index < -0.39 is 6.09 Å². The maximum Gasteiger partial charge on any atom is 0.426 e. The Balaban J connectivity index is 2.17. The summed E-state index contributed by atoms with van der Waals surface area (Å²) in [6.07, 6.45) is 0.599. The van der Waals surface area contributed by atoms with E-state index in [4.69, 9.17) is 5.11 Å². The van der Waals surface area contributed by atoms with E-state index in [-0.39, 0.29) is 0 Å². The number of hydrogen-bond acceptors (Lipinski definition) is 1. The predicted octanol–water partition coefficient (Wildman–Crippen LogP) is 1.90. The first-order chi connectivity index (χ1) is 6.29. The van der Waals surface area contributed by atoms with Gasteiger partial charge in [-0.15, -0.1) is 0 Å². The summed E-state index contributed by atoms with van der Waals surface area (Å²) in [7, 11) is 0. The van der Waals surface area contributed by atoms with E-state index in [1.807, 2.05) is 30.3 Å². The fourth-order valence-corrected chi connectivity index (χ4v) is 1.10. The van der Waals surface area contributed by atoms with Gasteiger partial charge in [-0.05, 0) is 18.4 Å². The second-order valence-electron chi connectivity index (χ2n) is 2.75. The van der Waals surface area contributed by atoms with Crippen LogP contribution in [0.15, 0.2) is 30.3 Å². The van der Waals surface area contributed by atoms with Gasteiger partial charge in [-0.3, -0.25) is 0 Å². The van der Waals surface area contributed by atoms with E-state index in [0.29, 0.717) is 6.54 Å². The van der Waals surface area contributed by atoms with Gasteiger partial charge in [0.25, 0.3) is 0 Å². The standard InChI is InChI=1S/C10H12NO2/c12-10(13)11-8-4-7-9-5-2-1-3-6-9/h1-3,5-6H,4,7-8H2,(H,12,13). The van der Waals surface area contributed by atoms with Crippen LogP contribution in [-0.4, -0.2) is 17.7 Å². The maximum atomic E-state index is 10.0. The van der Waals surface area contributed by atoms with Crippen molar-refractivity contribution in [2.45, 2.75) is 12.8 Å². The lowest BCUT2D eigenvalue weighted by molar-refractivity contribution is 0.193. The number of aryl methyl sites for hydroxylation is 1. The van der Waals surface area contributed by atoms with Crippen molar-refractivity contribution in [1.29, 1.82) is 0 Å². The molecular formula is C10H12NO2. The van der Waals surface area contributed by atoms with Crippen LogP contribution in [0.3, 0.4) is 0 Å². The first kappa shape index (κ1) is 9.58. The number of nitrogens with zero attached hydrogens (tertiary/aromatic N) is 1. The van der Waals surface area contributed by atoms with Crippen LogP contribution in [0.1, 0.15) is 12.0 Å². The van der Waals surface area contributed by atoms with Crippen molar-refractivity contribution in [3.63, 3.8) is 0 Å². The highest BCUT2D eigenvalue weighted by atomic mass is 16.4. The molecule has 1 amide bonds. The van der Waals surface area contributed by atoms with E-state index in [1.54, 1.807) is 0 Å². The van der Waals surface area contributed by atoms with Crippen molar-refractivity contribution in [3.8, 4) is 0 Å². The summed E-state index contributed by atoms with van der Waals surface area (Å²) in [5.74, 6) is 0. The molecular weight excluding hydrogens is 166 g/mol. The molecule has 69 valence electrons. The van der Waals surface area contributed by atoms with Gasteiger partial charge in [-0.1, -0.05) is 30.3 Å². The molecule has 0 bridgehead atoms. The lowest BCUT2D eigenvalue weighted by Gasteiger charge is -1.99. The molecule has 0 fully saturated rings. The molecule has 1 N–H and O–H groups in total. The lowest BCUT2D eigenvalue weighted by Crippen LogP contribution is -2.14. The van der Waals surface area contributed by atoms with Gasteiger partial charge in [0.1, 0.15) is 0 Å². The molecule has 0 saturated carbocycles. The van der Waals surface area contributed by atoms with E-state index in [9.17, 15) is 4.79 Å². The van der Waals surface area contributed by atoms with E-state index in [0.717, 1.165) is 12.8 Å². The fraction of sp³-hybridized carbons (Fsp3) is 0.300. The highest BCUT2D eigenvalue weighted by Gasteiger charge is 1.96. The molecule has 0 aromatic heterocycles. The second kappa shape index (κ2) is 5.19. The summed E-state index contributed by atoms with van der Waals surface area (Å²) < 4.78 is 0. The molecule has 3 heteroatoms. The van der Waals surface area contributed by atoms with Crippen LogP contribution in [0.25, 0.3) is 0 Å². The molecule has 1 aromatic carbocycles. The minimum absolute atomic E-state index is 0.393. The van der Waals surface area contributed by atoms with Gasteiger partial charge in [-0.25, -0.2) is 10.1 Å². The van der Waals surface area contributed by atoms with Crippen molar-refractivity contribution < 1.29 is 9.90 Å². The van der Waals surface area contributed by atoms with Crippen LogP contribution < -0.4 is 5.32 Å². The summed E-state index contributed by atoms with van der Waals surface area (Å²) >= 11 is 0. The highest BCUT2D eigenvalue weighted by molar-refractivity contribution is 5.63. The zero-order valence-corrected chi connectivity index (χ0v) is 7.31. The molecule has 1 aromatic rings. The summed E-state index contributed by atoms with van der Waals surface area (Å²) in [5, 5.41) is 11.6. The Kier molecular flexibility index (Phi) is 3.82. The topological polar surface area (TPSA) is 51.4 Å². The van der Waals surface area contributed by atoms with Gasteiger partial charge >= 0.3 is 6.09 Å². The van der Waals surface area contributed by atoms with Crippen LogP contribution in [-0.2, 0) is 6.42 Å². The van der Waals surface area contributed by atoms with E-state index >= 15 is 0 Å². The average Bonchev–Trinajstić information content (AvgIpc) is 2.14. The predicted molar refractivity (Wildman–Crippen MR) is 49.8 cm³/mol. The molecule has 0 unspecified atom stereocenters. The molecule has 13 heavy (non-hydrogen) atoms. The zero-order valence-electron chi connectivity index (χ0n) is 7.31. The summed E-state index contributed by atoms with van der Waals surface area (Å²) in [5.41, 5.74) is 1.23. The number of rotatable bonds is 4. The Bertz CT molecular complexity index is 259. The van der Waals surface area contributed by atoms with E-state index in [1.165, 1.54) is 5.56 Å². The smallest absolute Gasteiger partial charge is 0.426 e. The third-order valence-corrected chi connectivity index (χ3v) is 1.71. The summed E-state index contributed by atoms with van der Waals surface area (Å²) in [6, 6.07) is 9.97. The minimum atomic E-state index is -1.08. The van der Waals surface area contributed by atoms with Gasteiger partial charge in [0, 0.05) is 6.54 Å². The Hall–Kier alpha value is -1.51. The molecule has 0 saturated heterocycles. The Morgan fingerprint density at radius 1 is 1.31 bits per heavy atom. The van der Waals surface area contributed by atoms with Gasteiger partial charge in [0.2, 0.25) is 0 Å². The van der Waals surface area contributed by atoms with Crippen LogP contribution in [0.4, 0.5) is 4.79 Å². The molecule has 0 aliphatic rings. The van der Waals surface area contributed by atoms with Crippen molar-refractivity contribution in [2.75, 3.05) is 6.54 Å². The number of carboxylic acid groups (broad SMARTS) is 1. The van der Waals surface area contributed by atoms with Crippen molar-refractivity contribution >= 4 is 6.09 Å². The number of hydrogen-bond donors (Lipinski definition) is 1. The number of carbonyl (C=O) groups is 1. The minimum Gasteiger partial charge on any atom is -0.464 e. The van der Waals surface area contributed by atoms with Gasteiger partial charge in [-0.2, -0.15) is 0 Å². The maximum absolute atomic E-state index is 10.0. The third kappa shape index (κ3) is 4.15. The Morgan fingerprint density at radius 2 is 2.00 bits per heavy atom. The van der Waals surface area contributed by atoms with Crippen LogP contribution in [0.2, 0.25) is 0 Å². The molecule has 0 heterocycles. The van der Waals surface area contributed by atoms with Crippen molar-refractivity contribution in [2.24, 2.45) is 0 Å². The van der Waals surface area contributed by atoms with Crippen molar-refractivity contribution in [1.82, 2.24) is 5.32 Å². The molecule has 0 atom stereocenters. The SMILES string of the molecule is O=C(O)[N]CCCc1ccccc1. The zero-order chi connectivity index (χ0) is 9.52. The third-order valence-electron chi connectivity index (χ3n) is 1.71. The molecule has 3 nitrogen and oxygen atoms in total. The monoisotopic (exact) mass is 178 g/mol. The van der Waals surface area contributed by atoms with Gasteiger partial charge in [0.15, 0.2) is 0 Å². The van der Waals surface area contributed by atoms with E-state index in [2.05, 4.69) is 5.32 Å². The number of amides is 1. The Morgan fingerprint density at radius 3 is 2.62 bits per heavy atom. The first-order valence-corrected chi connectivity index (χ1v) is 4.23. The summed E-state index contributed by atoms with van der Waals surface area (Å²) in [6.45, 7) is 0.393. The van der Waals surface area contributed by atoms with Crippen molar-refractivity contribution in [3.05, 3.63) is 35.9 Å². The van der Waals surface area contributed by atoms with Gasteiger partial charge in [0.05, 0.1) is 0 Å². The highest BCUT2D eigenvalue weighted by Crippen LogP contribution is 2.01. The van der Waals surface area contributed by atoms with Gasteiger partial charge < -0.3 is 5.11 Å². The first-order valence-electron chi connectivity index (χ1n) is 4.23. The second-order valence-corrected chi connectivity index (χ2v) is 2.75. The van der Waals surface area contributed by atoms with Crippen LogP contribution in [0.5, 0.6) is 0 Å². The number of benzene rings is 1. The molecule has 0 aliphatic heterocycles. The molecule has 1 rings (SSSR count). The fourth-order valence-electron chi connectivity index (χ4n) is 1.10. The average molecular weight is 178 g/mol. The quantitative estimate of drug-likeness (QED) is 0.716. The van der Waals surface area contributed by atoms with Crippen LogP contribution in [0, 0.1) is 0 Å².